The van der Waals surface area contributed by atoms with Gasteiger partial charge in [0, 0.05) is 0 Å². The van der Waals surface area contributed by atoms with E-state index in [0.29, 0.717) is 5.75 Å². The summed E-state index contributed by atoms with van der Waals surface area (Å²) in [4.78, 5) is 0. The van der Waals surface area contributed by atoms with E-state index in [1.807, 2.05) is 13.8 Å². The zero-order valence-electron chi connectivity index (χ0n) is 8.71. The molecule has 1 nitrogen and oxygen atoms in total. The number of halogens is 3. The summed E-state index contributed by atoms with van der Waals surface area (Å²) in [6, 6.07) is 6.81. The SMILES string of the molecule is CC(C)c1ccccc1OC[B-](F)(F)F. The molecule has 0 heterocycles. The van der Waals surface area contributed by atoms with Gasteiger partial charge in [-0.3, -0.25) is 0 Å². The van der Waals surface area contributed by atoms with Crippen LogP contribution < -0.4 is 4.74 Å². The fourth-order valence-electron chi connectivity index (χ4n) is 1.27. The van der Waals surface area contributed by atoms with Crippen LogP contribution in [0.1, 0.15) is 25.3 Å². The molecular formula is C10H13BF3O-. The highest BCUT2D eigenvalue weighted by atomic mass is 19.4. The summed E-state index contributed by atoms with van der Waals surface area (Å²) in [5, 5.41) is 0. The maximum absolute atomic E-state index is 12.0. The number of para-hydroxylation sites is 1. The van der Waals surface area contributed by atoms with E-state index in [2.05, 4.69) is 0 Å². The molecule has 0 saturated carbocycles. The van der Waals surface area contributed by atoms with E-state index in [-0.39, 0.29) is 5.92 Å². The Bertz CT molecular complexity index is 323. The molecule has 0 aliphatic heterocycles. The second-order valence-corrected chi connectivity index (χ2v) is 3.71. The Morgan fingerprint density at radius 2 is 1.80 bits per heavy atom. The highest BCUT2D eigenvalue weighted by Crippen LogP contribution is 2.26. The van der Waals surface area contributed by atoms with Crippen LogP contribution in [-0.4, -0.2) is 13.5 Å². The first-order valence-electron chi connectivity index (χ1n) is 4.83. The Morgan fingerprint density at radius 3 is 2.33 bits per heavy atom. The quantitative estimate of drug-likeness (QED) is 0.700. The molecule has 0 saturated heterocycles. The molecule has 0 atom stereocenters. The molecule has 0 radical (unpaired) electrons. The minimum absolute atomic E-state index is 0.155. The van der Waals surface area contributed by atoms with Gasteiger partial charge in [-0.2, -0.15) is 0 Å². The molecule has 0 fully saturated rings. The van der Waals surface area contributed by atoms with Crippen molar-refractivity contribution < 1.29 is 17.7 Å². The third-order valence-electron chi connectivity index (χ3n) is 1.97. The fourth-order valence-corrected chi connectivity index (χ4v) is 1.27. The molecule has 1 rings (SSSR count). The molecule has 5 heteroatoms. The molecule has 0 unspecified atom stereocenters. The summed E-state index contributed by atoms with van der Waals surface area (Å²) in [5.74, 6) is 0.480. The summed E-state index contributed by atoms with van der Waals surface area (Å²) in [5.41, 5.74) is 0.803. The topological polar surface area (TPSA) is 9.23 Å². The van der Waals surface area contributed by atoms with Gasteiger partial charge >= 0.3 is 6.98 Å². The number of hydrogen-bond acceptors (Lipinski definition) is 1. The van der Waals surface area contributed by atoms with Crippen LogP contribution in [0.3, 0.4) is 0 Å². The molecule has 0 aromatic heterocycles. The predicted octanol–water partition coefficient (Wildman–Crippen LogP) is 3.58. The van der Waals surface area contributed by atoms with Crippen molar-refractivity contribution >= 4 is 6.98 Å². The van der Waals surface area contributed by atoms with E-state index >= 15 is 0 Å². The molecule has 0 spiro atoms. The van der Waals surface area contributed by atoms with Gasteiger partial charge in [-0.25, -0.2) is 0 Å². The van der Waals surface area contributed by atoms with Crippen LogP contribution in [0.2, 0.25) is 0 Å². The van der Waals surface area contributed by atoms with Crippen LogP contribution in [0, 0.1) is 0 Å². The average Bonchev–Trinajstić information content (AvgIpc) is 2.14. The van der Waals surface area contributed by atoms with Gasteiger partial charge in [-0.15, -0.1) is 0 Å². The molecule has 0 aliphatic rings. The average molecular weight is 217 g/mol. The van der Waals surface area contributed by atoms with Gasteiger partial charge in [0.2, 0.25) is 0 Å². The molecular weight excluding hydrogens is 204 g/mol. The van der Waals surface area contributed by atoms with Crippen molar-refractivity contribution in [1.29, 1.82) is 0 Å². The van der Waals surface area contributed by atoms with Gasteiger partial charge in [-0.05, 0) is 17.5 Å². The highest BCUT2D eigenvalue weighted by Gasteiger charge is 2.24. The van der Waals surface area contributed by atoms with Crippen molar-refractivity contribution in [2.75, 3.05) is 6.51 Å². The van der Waals surface area contributed by atoms with Crippen LogP contribution in [0.15, 0.2) is 24.3 Å². The largest absolute Gasteiger partial charge is 0.521 e. The van der Waals surface area contributed by atoms with Gasteiger partial charge in [0.15, 0.2) is 0 Å². The van der Waals surface area contributed by atoms with Gasteiger partial charge in [0.05, 0.1) is 6.51 Å². The lowest BCUT2D eigenvalue weighted by molar-refractivity contribution is 0.310. The van der Waals surface area contributed by atoms with E-state index in [1.165, 1.54) is 0 Å². The highest BCUT2D eigenvalue weighted by molar-refractivity contribution is 6.58. The molecule has 0 aliphatic carbocycles. The molecule has 84 valence electrons. The molecule has 0 amide bonds. The minimum Gasteiger partial charge on any atom is -0.521 e. The summed E-state index contributed by atoms with van der Waals surface area (Å²) in [6.45, 7) is -2.23. The van der Waals surface area contributed by atoms with Gasteiger partial charge in [0.1, 0.15) is 5.75 Å². The Kier molecular flexibility index (Phi) is 3.66. The first-order valence-corrected chi connectivity index (χ1v) is 4.83. The standard InChI is InChI=1S/C10H13BF3O/c1-8(2)9-5-3-4-6-10(9)15-7-11(12,13)14/h3-6,8H,7H2,1-2H3/q-1. The van der Waals surface area contributed by atoms with E-state index in [4.69, 9.17) is 4.74 Å². The van der Waals surface area contributed by atoms with Gasteiger partial charge in [-0.1, -0.05) is 32.0 Å². The Balaban J connectivity index is 2.76. The summed E-state index contributed by atoms with van der Waals surface area (Å²) >= 11 is 0. The Labute approximate surface area is 87.3 Å². The molecule has 1 aromatic rings. The van der Waals surface area contributed by atoms with Crippen LogP contribution in [0.25, 0.3) is 0 Å². The molecule has 0 N–H and O–H groups in total. The number of hydrogen-bond donors (Lipinski definition) is 0. The molecule has 1 aromatic carbocycles. The van der Waals surface area contributed by atoms with Crippen molar-refractivity contribution in [1.82, 2.24) is 0 Å². The zero-order chi connectivity index (χ0) is 11.5. The first-order chi connectivity index (χ1) is 6.90. The van der Waals surface area contributed by atoms with Crippen LogP contribution in [0.5, 0.6) is 5.75 Å². The van der Waals surface area contributed by atoms with Crippen molar-refractivity contribution in [3.8, 4) is 5.75 Å². The third kappa shape index (κ3) is 3.85. The number of ether oxygens (including phenoxy) is 1. The molecule has 15 heavy (non-hydrogen) atoms. The van der Waals surface area contributed by atoms with E-state index in [0.717, 1.165) is 5.56 Å². The van der Waals surface area contributed by atoms with Crippen LogP contribution in [0.4, 0.5) is 12.9 Å². The zero-order valence-corrected chi connectivity index (χ0v) is 8.71. The van der Waals surface area contributed by atoms with Crippen molar-refractivity contribution in [3.63, 3.8) is 0 Å². The second kappa shape index (κ2) is 4.60. The van der Waals surface area contributed by atoms with E-state index in [9.17, 15) is 12.9 Å². The van der Waals surface area contributed by atoms with E-state index < -0.39 is 13.5 Å². The lowest BCUT2D eigenvalue weighted by Crippen LogP contribution is -2.26. The monoisotopic (exact) mass is 217 g/mol. The van der Waals surface area contributed by atoms with E-state index in [1.54, 1.807) is 24.3 Å². The number of rotatable bonds is 4. The minimum atomic E-state index is -4.89. The number of benzene rings is 1. The van der Waals surface area contributed by atoms with Crippen LogP contribution >= 0.6 is 0 Å². The van der Waals surface area contributed by atoms with Crippen LogP contribution in [-0.2, 0) is 0 Å². The normalized spacial score (nSPS) is 11.9. The second-order valence-electron chi connectivity index (χ2n) is 3.71. The first kappa shape index (κ1) is 11.9. The fraction of sp³-hybridized carbons (Fsp3) is 0.400. The lowest BCUT2D eigenvalue weighted by Gasteiger charge is -2.18. The maximum atomic E-state index is 12.0. The lowest BCUT2D eigenvalue weighted by atomic mass is 9.94. The maximum Gasteiger partial charge on any atom is 0.515 e. The van der Waals surface area contributed by atoms with Crippen molar-refractivity contribution in [3.05, 3.63) is 29.8 Å². The third-order valence-corrected chi connectivity index (χ3v) is 1.97. The van der Waals surface area contributed by atoms with Crippen molar-refractivity contribution in [2.24, 2.45) is 0 Å². The van der Waals surface area contributed by atoms with Crippen molar-refractivity contribution in [2.45, 2.75) is 19.8 Å². The predicted molar refractivity (Wildman–Crippen MR) is 55.1 cm³/mol. The van der Waals surface area contributed by atoms with Gasteiger partial charge in [0.25, 0.3) is 0 Å². The smallest absolute Gasteiger partial charge is 0.515 e. The summed E-state index contributed by atoms with van der Waals surface area (Å²) < 4.78 is 40.8. The Hall–Kier alpha value is -1.13. The Morgan fingerprint density at radius 1 is 1.20 bits per heavy atom. The van der Waals surface area contributed by atoms with Gasteiger partial charge < -0.3 is 17.7 Å². The summed E-state index contributed by atoms with van der Waals surface area (Å²) in [7, 11) is 0. The molecule has 0 bridgehead atoms. The summed E-state index contributed by atoms with van der Waals surface area (Å²) in [6.07, 6.45) is 0.